The van der Waals surface area contributed by atoms with E-state index in [4.69, 9.17) is 0 Å². The van der Waals surface area contributed by atoms with Crippen LogP contribution in [0.4, 0.5) is 0 Å². The first-order valence-corrected chi connectivity index (χ1v) is 7.71. The standard InChI is InChI=1S/C11H20O3S/c12-10(8-9-4-3-5-9)11-6-1-2-7-15(11,13)14/h9-12H,1-8H2. The molecule has 0 aromatic carbocycles. The Morgan fingerprint density at radius 3 is 2.40 bits per heavy atom. The fraction of sp³-hybridized carbons (Fsp3) is 1.00. The smallest absolute Gasteiger partial charge is 0.155 e. The zero-order valence-electron chi connectivity index (χ0n) is 9.06. The second-order valence-corrected chi connectivity index (χ2v) is 7.34. The molecule has 1 heterocycles. The molecule has 4 heteroatoms. The van der Waals surface area contributed by atoms with Crippen molar-refractivity contribution < 1.29 is 13.5 Å². The van der Waals surface area contributed by atoms with Crippen molar-refractivity contribution in [3.05, 3.63) is 0 Å². The Hall–Kier alpha value is -0.0900. The second kappa shape index (κ2) is 4.42. The van der Waals surface area contributed by atoms with Gasteiger partial charge in [0.05, 0.1) is 17.1 Å². The van der Waals surface area contributed by atoms with Crippen molar-refractivity contribution in [2.45, 2.75) is 56.3 Å². The van der Waals surface area contributed by atoms with Crippen LogP contribution in [0.25, 0.3) is 0 Å². The highest BCUT2D eigenvalue weighted by Gasteiger charge is 2.36. The van der Waals surface area contributed by atoms with Gasteiger partial charge >= 0.3 is 0 Å². The van der Waals surface area contributed by atoms with Crippen LogP contribution >= 0.6 is 0 Å². The number of sulfone groups is 1. The predicted octanol–water partition coefficient (Wildman–Crippen LogP) is 1.50. The molecule has 0 radical (unpaired) electrons. The Morgan fingerprint density at radius 1 is 1.13 bits per heavy atom. The van der Waals surface area contributed by atoms with Gasteiger partial charge in [-0.15, -0.1) is 0 Å². The predicted molar refractivity (Wildman–Crippen MR) is 59.4 cm³/mol. The normalized spacial score (nSPS) is 33.3. The van der Waals surface area contributed by atoms with Crippen LogP contribution in [-0.4, -0.2) is 30.6 Å². The maximum Gasteiger partial charge on any atom is 0.155 e. The van der Waals surface area contributed by atoms with Crippen LogP contribution < -0.4 is 0 Å². The molecule has 0 aromatic heterocycles. The third-order valence-corrected chi connectivity index (χ3v) is 6.19. The van der Waals surface area contributed by atoms with E-state index in [0.717, 1.165) is 12.8 Å². The summed E-state index contributed by atoms with van der Waals surface area (Å²) in [7, 11) is -3.00. The summed E-state index contributed by atoms with van der Waals surface area (Å²) >= 11 is 0. The van der Waals surface area contributed by atoms with Crippen LogP contribution in [0.1, 0.15) is 44.9 Å². The van der Waals surface area contributed by atoms with Crippen molar-refractivity contribution >= 4 is 9.84 Å². The average Bonchev–Trinajstić information content (AvgIpc) is 2.10. The van der Waals surface area contributed by atoms with Crippen molar-refractivity contribution in [3.8, 4) is 0 Å². The zero-order chi connectivity index (χ0) is 10.9. The van der Waals surface area contributed by atoms with Crippen molar-refractivity contribution in [1.82, 2.24) is 0 Å². The van der Waals surface area contributed by atoms with Crippen LogP contribution in [0, 0.1) is 5.92 Å². The van der Waals surface area contributed by atoms with Crippen molar-refractivity contribution in [3.63, 3.8) is 0 Å². The number of aliphatic hydroxyl groups is 1. The fourth-order valence-electron chi connectivity index (χ4n) is 2.63. The summed E-state index contributed by atoms with van der Waals surface area (Å²) in [5.41, 5.74) is 0. The molecular formula is C11H20O3S. The largest absolute Gasteiger partial charge is 0.392 e. The highest BCUT2D eigenvalue weighted by molar-refractivity contribution is 7.92. The molecular weight excluding hydrogens is 212 g/mol. The summed E-state index contributed by atoms with van der Waals surface area (Å²) in [5, 5.41) is 9.50. The van der Waals surface area contributed by atoms with Crippen molar-refractivity contribution in [2.24, 2.45) is 5.92 Å². The van der Waals surface area contributed by atoms with Gasteiger partial charge in [-0.3, -0.25) is 0 Å². The molecule has 15 heavy (non-hydrogen) atoms. The third kappa shape index (κ3) is 2.53. The molecule has 2 aliphatic rings. The number of rotatable bonds is 3. The van der Waals surface area contributed by atoms with Gasteiger partial charge in [-0.05, 0) is 25.2 Å². The highest BCUT2D eigenvalue weighted by atomic mass is 32.2. The van der Waals surface area contributed by atoms with Crippen LogP contribution in [-0.2, 0) is 9.84 Å². The van der Waals surface area contributed by atoms with E-state index >= 15 is 0 Å². The van der Waals surface area contributed by atoms with Gasteiger partial charge in [-0.1, -0.05) is 25.7 Å². The maximum absolute atomic E-state index is 11.8. The van der Waals surface area contributed by atoms with Gasteiger partial charge in [0.1, 0.15) is 0 Å². The van der Waals surface area contributed by atoms with Gasteiger partial charge in [0.2, 0.25) is 0 Å². The minimum absolute atomic E-state index is 0.277. The first-order chi connectivity index (χ1) is 7.09. The van der Waals surface area contributed by atoms with Crippen molar-refractivity contribution in [1.29, 1.82) is 0 Å². The lowest BCUT2D eigenvalue weighted by Gasteiger charge is -2.32. The Kier molecular flexibility index (Phi) is 3.36. The van der Waals surface area contributed by atoms with E-state index in [9.17, 15) is 13.5 Å². The molecule has 1 aliphatic carbocycles. The van der Waals surface area contributed by atoms with Crippen LogP contribution in [0.15, 0.2) is 0 Å². The minimum atomic E-state index is -3.00. The molecule has 0 spiro atoms. The first-order valence-electron chi connectivity index (χ1n) is 5.99. The quantitative estimate of drug-likeness (QED) is 0.802. The van der Waals surface area contributed by atoms with Crippen LogP contribution in [0.2, 0.25) is 0 Å². The molecule has 0 amide bonds. The van der Waals surface area contributed by atoms with E-state index < -0.39 is 21.2 Å². The Balaban J connectivity index is 1.94. The second-order valence-electron chi connectivity index (χ2n) is 5.00. The molecule has 2 atom stereocenters. The first kappa shape index (κ1) is 11.4. The van der Waals surface area contributed by atoms with E-state index in [1.165, 1.54) is 19.3 Å². The molecule has 1 N–H and O–H groups in total. The number of hydrogen-bond donors (Lipinski definition) is 1. The molecule has 2 unspecified atom stereocenters. The van der Waals surface area contributed by atoms with Crippen molar-refractivity contribution in [2.75, 3.05) is 5.75 Å². The Bertz CT molecular complexity index is 306. The van der Waals surface area contributed by atoms with Gasteiger partial charge in [0.25, 0.3) is 0 Å². The molecule has 2 rings (SSSR count). The summed E-state index contributed by atoms with van der Waals surface area (Å²) in [5.74, 6) is 0.858. The molecule has 3 nitrogen and oxygen atoms in total. The van der Waals surface area contributed by atoms with Crippen LogP contribution in [0.3, 0.4) is 0 Å². The highest BCUT2D eigenvalue weighted by Crippen LogP contribution is 2.33. The van der Waals surface area contributed by atoms with E-state index in [0.29, 0.717) is 18.8 Å². The molecule has 2 fully saturated rings. The lowest BCUT2D eigenvalue weighted by atomic mass is 9.80. The molecule has 0 bridgehead atoms. The fourth-order valence-corrected chi connectivity index (χ4v) is 4.66. The topological polar surface area (TPSA) is 54.4 Å². The number of aliphatic hydroxyl groups excluding tert-OH is 1. The van der Waals surface area contributed by atoms with Gasteiger partial charge in [0, 0.05) is 0 Å². The van der Waals surface area contributed by atoms with Gasteiger partial charge < -0.3 is 5.11 Å². The van der Waals surface area contributed by atoms with Gasteiger partial charge in [0.15, 0.2) is 9.84 Å². The van der Waals surface area contributed by atoms with E-state index in [1.807, 2.05) is 0 Å². The van der Waals surface area contributed by atoms with E-state index in [2.05, 4.69) is 0 Å². The molecule has 1 saturated heterocycles. The molecule has 0 aromatic rings. The maximum atomic E-state index is 11.8. The third-order valence-electron chi connectivity index (χ3n) is 3.86. The van der Waals surface area contributed by atoms with Gasteiger partial charge in [-0.25, -0.2) is 8.42 Å². The summed E-state index contributed by atoms with van der Waals surface area (Å²) in [6.45, 7) is 0. The summed E-state index contributed by atoms with van der Waals surface area (Å²) in [6, 6.07) is 0. The van der Waals surface area contributed by atoms with E-state index in [1.54, 1.807) is 0 Å². The summed E-state index contributed by atoms with van der Waals surface area (Å²) < 4.78 is 23.5. The Labute approximate surface area is 91.8 Å². The zero-order valence-corrected chi connectivity index (χ0v) is 9.88. The minimum Gasteiger partial charge on any atom is -0.392 e. The summed E-state index contributed by atoms with van der Waals surface area (Å²) in [4.78, 5) is 0. The lowest BCUT2D eigenvalue weighted by Crippen LogP contribution is -2.40. The lowest BCUT2D eigenvalue weighted by molar-refractivity contribution is 0.109. The monoisotopic (exact) mass is 232 g/mol. The molecule has 88 valence electrons. The Morgan fingerprint density at radius 2 is 1.87 bits per heavy atom. The van der Waals surface area contributed by atoms with E-state index in [-0.39, 0.29) is 5.75 Å². The SMILES string of the molecule is O=S1(=O)CCCCC1C(O)CC1CCC1. The van der Waals surface area contributed by atoms with Gasteiger partial charge in [-0.2, -0.15) is 0 Å². The summed E-state index contributed by atoms with van der Waals surface area (Å²) in [6.07, 6.45) is 6.06. The number of hydrogen-bond acceptors (Lipinski definition) is 3. The molecule has 1 aliphatic heterocycles. The average molecular weight is 232 g/mol. The molecule has 1 saturated carbocycles. The van der Waals surface area contributed by atoms with Crippen LogP contribution in [0.5, 0.6) is 0 Å².